The lowest BCUT2D eigenvalue weighted by atomic mass is 9.83. The second-order valence-electron chi connectivity index (χ2n) is 9.60. The molecule has 188 valence electrons. The first-order chi connectivity index (χ1) is 17.0. The average Bonchev–Trinajstić information content (AvgIpc) is 2.90. The maximum absolute atomic E-state index is 13.9. The van der Waals surface area contributed by atoms with Crippen LogP contribution in [0.25, 0.3) is 11.1 Å². The lowest BCUT2D eigenvalue weighted by Gasteiger charge is -2.28. The number of ether oxygens (including phenoxy) is 2. The molecule has 0 N–H and O–H groups in total. The average molecular weight is 480 g/mol. The molecular weight excluding hydrogens is 441 g/mol. The number of nitrogens with zero attached hydrogens (tertiary/aromatic N) is 1. The second kappa shape index (κ2) is 13.9. The first kappa shape index (κ1) is 26.7. The molecule has 1 aliphatic carbocycles. The number of carbonyl (C=O) groups is 1. The van der Waals surface area contributed by atoms with Crippen LogP contribution in [0.4, 0.5) is 4.39 Å². The van der Waals surface area contributed by atoms with E-state index in [4.69, 9.17) is 9.47 Å². The summed E-state index contributed by atoms with van der Waals surface area (Å²) in [5.41, 5.74) is 3.95. The topological polar surface area (TPSA) is 59.3 Å². The molecule has 1 aliphatic rings. The SMILES string of the molecule is CCCC[C@H](F)C(=O)OC1CCC(CCc2ccc(-c3ccc(OCCC)c(C#N)c3)cc2)CC1. The van der Waals surface area contributed by atoms with Gasteiger partial charge in [0.2, 0.25) is 0 Å². The predicted octanol–water partition coefficient (Wildman–Crippen LogP) is 7.58. The van der Waals surface area contributed by atoms with Gasteiger partial charge in [-0.3, -0.25) is 0 Å². The number of carbonyl (C=O) groups excluding carboxylic acids is 1. The van der Waals surface area contributed by atoms with Crippen LogP contribution in [0.1, 0.15) is 82.8 Å². The summed E-state index contributed by atoms with van der Waals surface area (Å²) in [5.74, 6) is 0.576. The van der Waals surface area contributed by atoms with E-state index in [1.807, 2.05) is 32.0 Å². The van der Waals surface area contributed by atoms with E-state index in [1.165, 1.54) is 5.56 Å². The Balaban J connectivity index is 1.45. The molecule has 2 aromatic rings. The van der Waals surface area contributed by atoms with E-state index < -0.39 is 12.1 Å². The summed E-state index contributed by atoms with van der Waals surface area (Å²) < 4.78 is 24.9. The van der Waals surface area contributed by atoms with Gasteiger partial charge in [-0.2, -0.15) is 5.26 Å². The first-order valence-electron chi connectivity index (χ1n) is 13.1. The third-order valence-electron chi connectivity index (χ3n) is 6.83. The van der Waals surface area contributed by atoms with Gasteiger partial charge in [-0.05, 0) is 86.1 Å². The zero-order valence-corrected chi connectivity index (χ0v) is 21.1. The highest BCUT2D eigenvalue weighted by molar-refractivity contribution is 5.74. The van der Waals surface area contributed by atoms with E-state index in [1.54, 1.807) is 0 Å². The van der Waals surface area contributed by atoms with Crippen LogP contribution in [-0.4, -0.2) is 24.9 Å². The summed E-state index contributed by atoms with van der Waals surface area (Å²) in [5, 5.41) is 9.47. The van der Waals surface area contributed by atoms with Gasteiger partial charge in [-0.15, -0.1) is 0 Å². The van der Waals surface area contributed by atoms with E-state index in [0.717, 1.165) is 62.5 Å². The number of hydrogen-bond donors (Lipinski definition) is 0. The zero-order valence-electron chi connectivity index (χ0n) is 21.1. The normalized spacial score (nSPS) is 18.5. The highest BCUT2D eigenvalue weighted by Gasteiger charge is 2.27. The van der Waals surface area contributed by atoms with E-state index in [-0.39, 0.29) is 12.5 Å². The molecule has 4 nitrogen and oxygen atoms in total. The summed E-state index contributed by atoms with van der Waals surface area (Å²) in [4.78, 5) is 11.9. The van der Waals surface area contributed by atoms with Gasteiger partial charge in [0.1, 0.15) is 17.9 Å². The van der Waals surface area contributed by atoms with Crippen molar-refractivity contribution >= 4 is 5.97 Å². The van der Waals surface area contributed by atoms with Gasteiger partial charge in [0.15, 0.2) is 6.17 Å². The van der Waals surface area contributed by atoms with Crippen molar-refractivity contribution < 1.29 is 18.7 Å². The standard InChI is InChI=1S/C30H38FNO3/c1-3-5-6-28(31)30(33)35-27-16-11-23(12-17-27)8-7-22-9-13-24(14-10-22)25-15-18-29(34-19-4-2)26(20-25)21-32/h9-10,13-15,18,20,23,27-28H,3-8,11-12,16-17,19H2,1-2H3/t23?,27?,28-/m0/s1. The van der Waals surface area contributed by atoms with Crippen LogP contribution >= 0.6 is 0 Å². The van der Waals surface area contributed by atoms with Crippen LogP contribution in [0, 0.1) is 17.2 Å². The molecule has 0 aromatic heterocycles. The molecule has 2 aromatic carbocycles. The maximum atomic E-state index is 13.9. The molecule has 0 spiro atoms. The molecule has 3 rings (SSSR count). The fourth-order valence-electron chi connectivity index (χ4n) is 4.65. The number of unbranched alkanes of at least 4 members (excludes halogenated alkanes) is 1. The molecule has 1 atom stereocenters. The molecule has 1 fully saturated rings. The summed E-state index contributed by atoms with van der Waals surface area (Å²) in [7, 11) is 0. The molecule has 1 saturated carbocycles. The minimum atomic E-state index is -1.48. The number of nitriles is 1. The van der Waals surface area contributed by atoms with Gasteiger partial charge >= 0.3 is 5.97 Å². The number of halogens is 1. The van der Waals surface area contributed by atoms with Crippen molar-refractivity contribution in [3.8, 4) is 22.9 Å². The van der Waals surface area contributed by atoms with E-state index in [2.05, 4.69) is 30.3 Å². The van der Waals surface area contributed by atoms with Crippen molar-refractivity contribution in [2.45, 2.75) is 90.3 Å². The Kier molecular flexibility index (Phi) is 10.6. The Hall–Kier alpha value is -2.87. The number of hydrogen-bond acceptors (Lipinski definition) is 4. The smallest absolute Gasteiger partial charge is 0.340 e. The van der Waals surface area contributed by atoms with Gasteiger partial charge in [-0.1, -0.05) is 57.0 Å². The second-order valence-corrected chi connectivity index (χ2v) is 9.60. The summed E-state index contributed by atoms with van der Waals surface area (Å²) in [6, 6.07) is 16.6. The lowest BCUT2D eigenvalue weighted by Crippen LogP contribution is -2.29. The molecular formula is C30H38FNO3. The highest BCUT2D eigenvalue weighted by atomic mass is 19.1. The van der Waals surface area contributed by atoms with Gasteiger partial charge < -0.3 is 9.47 Å². The van der Waals surface area contributed by atoms with E-state index in [0.29, 0.717) is 30.3 Å². The van der Waals surface area contributed by atoms with E-state index >= 15 is 0 Å². The molecule has 0 heterocycles. The largest absolute Gasteiger partial charge is 0.492 e. The predicted molar refractivity (Wildman–Crippen MR) is 137 cm³/mol. The number of aryl methyl sites for hydroxylation is 1. The van der Waals surface area contributed by atoms with Crippen LogP contribution in [0.5, 0.6) is 5.75 Å². The third kappa shape index (κ3) is 8.09. The Morgan fingerprint density at radius 2 is 1.77 bits per heavy atom. The molecule has 0 unspecified atom stereocenters. The fraction of sp³-hybridized carbons (Fsp3) is 0.533. The van der Waals surface area contributed by atoms with Gasteiger partial charge in [0.25, 0.3) is 0 Å². The van der Waals surface area contributed by atoms with E-state index in [9.17, 15) is 14.4 Å². The molecule has 35 heavy (non-hydrogen) atoms. The molecule has 0 aliphatic heterocycles. The summed E-state index contributed by atoms with van der Waals surface area (Å²) in [6.07, 6.45) is 6.96. The Morgan fingerprint density at radius 3 is 2.43 bits per heavy atom. The monoisotopic (exact) mass is 479 g/mol. The third-order valence-corrected chi connectivity index (χ3v) is 6.83. The van der Waals surface area contributed by atoms with Crippen molar-refractivity contribution in [2.24, 2.45) is 5.92 Å². The molecule has 0 radical (unpaired) electrons. The lowest BCUT2D eigenvalue weighted by molar-refractivity contribution is -0.157. The van der Waals surface area contributed by atoms with Gasteiger partial charge in [0.05, 0.1) is 12.2 Å². The van der Waals surface area contributed by atoms with Crippen molar-refractivity contribution in [3.05, 3.63) is 53.6 Å². The Morgan fingerprint density at radius 1 is 1.06 bits per heavy atom. The minimum absolute atomic E-state index is 0.130. The minimum Gasteiger partial charge on any atom is -0.492 e. The zero-order chi connectivity index (χ0) is 25.0. The van der Waals surface area contributed by atoms with Crippen molar-refractivity contribution in [1.29, 1.82) is 5.26 Å². The van der Waals surface area contributed by atoms with Crippen LogP contribution in [0.15, 0.2) is 42.5 Å². The number of esters is 1. The van der Waals surface area contributed by atoms with Gasteiger partial charge in [-0.25, -0.2) is 9.18 Å². The van der Waals surface area contributed by atoms with Crippen molar-refractivity contribution in [2.75, 3.05) is 6.61 Å². The van der Waals surface area contributed by atoms with Crippen LogP contribution in [0.2, 0.25) is 0 Å². The molecule has 0 saturated heterocycles. The van der Waals surface area contributed by atoms with Crippen LogP contribution in [0.3, 0.4) is 0 Å². The van der Waals surface area contributed by atoms with Gasteiger partial charge in [0, 0.05) is 0 Å². The van der Waals surface area contributed by atoms with Crippen molar-refractivity contribution in [1.82, 2.24) is 0 Å². The van der Waals surface area contributed by atoms with Crippen LogP contribution < -0.4 is 4.74 Å². The number of benzene rings is 2. The number of rotatable bonds is 12. The quantitative estimate of drug-likeness (QED) is 0.294. The molecule has 0 bridgehead atoms. The first-order valence-corrected chi connectivity index (χ1v) is 13.1. The molecule has 5 heteroatoms. The highest BCUT2D eigenvalue weighted by Crippen LogP contribution is 2.31. The maximum Gasteiger partial charge on any atom is 0.340 e. The molecule has 0 amide bonds. The number of alkyl halides is 1. The summed E-state index contributed by atoms with van der Waals surface area (Å²) >= 11 is 0. The summed E-state index contributed by atoms with van der Waals surface area (Å²) in [6.45, 7) is 4.64. The van der Waals surface area contributed by atoms with Crippen molar-refractivity contribution in [3.63, 3.8) is 0 Å². The Labute approximate surface area is 209 Å². The Bertz CT molecular complexity index is 974. The van der Waals surface area contributed by atoms with Crippen LogP contribution in [-0.2, 0) is 16.0 Å². The fourth-order valence-corrected chi connectivity index (χ4v) is 4.65.